The number of hydrogen-bond acceptors (Lipinski definition) is 9. The van der Waals surface area contributed by atoms with Crippen LogP contribution in [0.3, 0.4) is 0 Å². The average Bonchev–Trinajstić information content (AvgIpc) is 2.84. The van der Waals surface area contributed by atoms with E-state index in [2.05, 4.69) is 35.4 Å². The van der Waals surface area contributed by atoms with Gasteiger partial charge in [0.1, 0.15) is 6.61 Å². The summed E-state index contributed by atoms with van der Waals surface area (Å²) in [5.74, 6) is 1.13. The van der Waals surface area contributed by atoms with Gasteiger partial charge in [0.2, 0.25) is 11.9 Å². The monoisotopic (exact) mass is 463 g/mol. The summed E-state index contributed by atoms with van der Waals surface area (Å²) in [5, 5.41) is 6.07. The molecule has 3 heterocycles. The molecule has 1 aromatic heterocycles. The van der Waals surface area contributed by atoms with E-state index in [9.17, 15) is 4.79 Å². The van der Waals surface area contributed by atoms with Gasteiger partial charge in [0.25, 0.3) is 0 Å². The topological polar surface area (TPSA) is 114 Å². The molecule has 0 bridgehead atoms. The minimum Gasteiger partial charge on any atom is -0.461 e. The van der Waals surface area contributed by atoms with Gasteiger partial charge in [-0.15, -0.1) is 0 Å². The predicted molar refractivity (Wildman–Crippen MR) is 120 cm³/mol. The molecule has 0 saturated carbocycles. The van der Waals surface area contributed by atoms with Crippen molar-refractivity contribution < 1.29 is 19.0 Å². The molecule has 1 aromatic carbocycles. The van der Waals surface area contributed by atoms with Crippen molar-refractivity contribution in [1.29, 1.82) is 0 Å². The smallest absolute Gasteiger partial charge is 0.323 e. The number of morpholine rings is 2. The van der Waals surface area contributed by atoms with Crippen LogP contribution in [0.15, 0.2) is 24.3 Å². The van der Waals surface area contributed by atoms with Crippen molar-refractivity contribution >= 4 is 35.2 Å². The number of ether oxygens (including phenoxy) is 3. The Morgan fingerprint density at radius 3 is 2.06 bits per heavy atom. The van der Waals surface area contributed by atoms with Crippen LogP contribution in [0.1, 0.15) is 0 Å². The highest BCUT2D eigenvalue weighted by Crippen LogP contribution is 2.19. The molecule has 0 aliphatic carbocycles. The molecule has 0 unspecified atom stereocenters. The van der Waals surface area contributed by atoms with Crippen molar-refractivity contribution in [2.24, 2.45) is 0 Å². The molecule has 32 heavy (non-hydrogen) atoms. The Bertz CT molecular complexity index is 854. The van der Waals surface area contributed by atoms with Crippen LogP contribution >= 0.6 is 11.6 Å². The summed E-state index contributed by atoms with van der Waals surface area (Å²) in [6.07, 6.45) is 0. The van der Waals surface area contributed by atoms with Crippen LogP contribution in [-0.2, 0) is 9.47 Å². The lowest BCUT2D eigenvalue weighted by Gasteiger charge is -2.30. The molecule has 0 atom stereocenters. The Morgan fingerprint density at radius 1 is 0.938 bits per heavy atom. The lowest BCUT2D eigenvalue weighted by Crippen LogP contribution is -2.40. The van der Waals surface area contributed by atoms with Crippen LogP contribution < -0.4 is 25.2 Å². The van der Waals surface area contributed by atoms with Crippen molar-refractivity contribution in [3.05, 3.63) is 29.3 Å². The van der Waals surface area contributed by atoms with Gasteiger partial charge in [-0.1, -0.05) is 11.6 Å². The van der Waals surface area contributed by atoms with E-state index in [0.717, 1.165) is 0 Å². The number of carbonyl (C=O) groups is 1. The number of benzene rings is 1. The predicted octanol–water partition coefficient (Wildman–Crippen LogP) is 1.40. The molecular weight excluding hydrogens is 438 g/mol. The third-order valence-electron chi connectivity index (χ3n) is 4.90. The van der Waals surface area contributed by atoms with E-state index in [1.165, 1.54) is 0 Å². The standard InChI is InChI=1S/C20H26ClN7O4/c21-15-1-3-16(4-2-15)23-19(29)22-5-10-32-20-25-17(27-6-11-30-12-7-27)24-18(26-20)28-8-13-31-14-9-28/h1-4H,5-14H2,(H2,22,23,29). The SMILES string of the molecule is O=C(NCCOc1nc(N2CCOCC2)nc(N2CCOCC2)n1)Nc1ccc(Cl)cc1. The maximum atomic E-state index is 12.0. The van der Waals surface area contributed by atoms with Crippen LogP contribution in [0.4, 0.5) is 22.4 Å². The Labute approximate surface area is 191 Å². The van der Waals surface area contributed by atoms with E-state index < -0.39 is 0 Å². The Kier molecular flexibility index (Phi) is 7.75. The second kappa shape index (κ2) is 11.1. The second-order valence-corrected chi connectivity index (χ2v) is 7.59. The fourth-order valence-corrected chi connectivity index (χ4v) is 3.35. The third-order valence-corrected chi connectivity index (χ3v) is 5.15. The second-order valence-electron chi connectivity index (χ2n) is 7.15. The number of carbonyl (C=O) groups excluding carboxylic acids is 1. The Morgan fingerprint density at radius 2 is 1.50 bits per heavy atom. The van der Waals surface area contributed by atoms with Gasteiger partial charge in [0, 0.05) is 36.9 Å². The maximum absolute atomic E-state index is 12.0. The van der Waals surface area contributed by atoms with E-state index in [0.29, 0.717) is 75.2 Å². The number of urea groups is 1. The fourth-order valence-electron chi connectivity index (χ4n) is 3.23. The van der Waals surface area contributed by atoms with Gasteiger partial charge >= 0.3 is 12.0 Å². The summed E-state index contributed by atoms with van der Waals surface area (Å²) >= 11 is 5.85. The first-order valence-corrected chi connectivity index (χ1v) is 10.9. The molecule has 12 heteroatoms. The first-order valence-electron chi connectivity index (χ1n) is 10.5. The summed E-state index contributed by atoms with van der Waals surface area (Å²) in [7, 11) is 0. The number of rotatable bonds is 7. The summed E-state index contributed by atoms with van der Waals surface area (Å²) in [5.41, 5.74) is 0.649. The summed E-state index contributed by atoms with van der Waals surface area (Å²) in [6.45, 7) is 5.83. The zero-order chi connectivity index (χ0) is 22.2. The number of nitrogens with zero attached hydrogens (tertiary/aromatic N) is 5. The molecule has 2 N–H and O–H groups in total. The molecular formula is C20H26ClN7O4. The molecule has 2 saturated heterocycles. The number of aromatic nitrogens is 3. The van der Waals surface area contributed by atoms with Gasteiger partial charge in [0.05, 0.1) is 33.0 Å². The Hall–Kier alpha value is -2.89. The molecule has 2 aromatic rings. The summed E-state index contributed by atoms with van der Waals surface area (Å²) < 4.78 is 16.6. The van der Waals surface area contributed by atoms with Crippen LogP contribution in [0.25, 0.3) is 0 Å². The molecule has 0 radical (unpaired) electrons. The molecule has 2 aliphatic heterocycles. The average molecular weight is 464 g/mol. The van der Waals surface area contributed by atoms with E-state index in [1.54, 1.807) is 24.3 Å². The maximum Gasteiger partial charge on any atom is 0.323 e. The van der Waals surface area contributed by atoms with Gasteiger partial charge in [-0.2, -0.15) is 15.0 Å². The lowest BCUT2D eigenvalue weighted by atomic mass is 10.3. The van der Waals surface area contributed by atoms with Crippen LogP contribution in [0.2, 0.25) is 5.02 Å². The lowest BCUT2D eigenvalue weighted by molar-refractivity contribution is 0.120. The van der Waals surface area contributed by atoms with E-state index >= 15 is 0 Å². The van der Waals surface area contributed by atoms with Crippen molar-refractivity contribution in [2.75, 3.05) is 80.9 Å². The van der Waals surface area contributed by atoms with E-state index in [1.807, 2.05) is 0 Å². The Balaban J connectivity index is 1.34. The zero-order valence-corrected chi connectivity index (χ0v) is 18.4. The number of anilines is 3. The number of nitrogens with one attached hydrogen (secondary N) is 2. The molecule has 2 fully saturated rings. The normalized spacial score (nSPS) is 16.5. The van der Waals surface area contributed by atoms with E-state index in [4.69, 9.17) is 25.8 Å². The molecule has 2 aliphatic rings. The number of hydrogen-bond donors (Lipinski definition) is 2. The largest absolute Gasteiger partial charge is 0.461 e. The summed E-state index contributed by atoms with van der Waals surface area (Å²) in [4.78, 5) is 29.7. The molecule has 11 nitrogen and oxygen atoms in total. The molecule has 2 amide bonds. The van der Waals surface area contributed by atoms with Gasteiger partial charge in [0.15, 0.2) is 0 Å². The number of halogens is 1. The first kappa shape index (κ1) is 22.3. The molecule has 0 spiro atoms. The van der Waals surface area contributed by atoms with Crippen molar-refractivity contribution in [1.82, 2.24) is 20.3 Å². The van der Waals surface area contributed by atoms with Crippen LogP contribution in [-0.4, -0.2) is 86.7 Å². The van der Waals surface area contributed by atoms with Gasteiger partial charge in [-0.3, -0.25) is 0 Å². The third kappa shape index (κ3) is 6.31. The van der Waals surface area contributed by atoms with Gasteiger partial charge in [-0.05, 0) is 24.3 Å². The van der Waals surface area contributed by atoms with Crippen molar-refractivity contribution in [2.45, 2.75) is 0 Å². The highest BCUT2D eigenvalue weighted by atomic mass is 35.5. The quantitative estimate of drug-likeness (QED) is 0.588. The fraction of sp³-hybridized carbons (Fsp3) is 0.500. The minimum atomic E-state index is -0.338. The van der Waals surface area contributed by atoms with E-state index in [-0.39, 0.29) is 25.2 Å². The zero-order valence-electron chi connectivity index (χ0n) is 17.6. The van der Waals surface area contributed by atoms with Crippen LogP contribution in [0, 0.1) is 0 Å². The molecule has 4 rings (SSSR count). The highest BCUT2D eigenvalue weighted by Gasteiger charge is 2.21. The van der Waals surface area contributed by atoms with Gasteiger partial charge in [-0.25, -0.2) is 4.79 Å². The van der Waals surface area contributed by atoms with Crippen LogP contribution in [0.5, 0.6) is 6.01 Å². The highest BCUT2D eigenvalue weighted by molar-refractivity contribution is 6.30. The molecule has 172 valence electrons. The van der Waals surface area contributed by atoms with Gasteiger partial charge < -0.3 is 34.6 Å². The van der Waals surface area contributed by atoms with Crippen molar-refractivity contribution in [3.8, 4) is 6.01 Å². The number of amides is 2. The summed E-state index contributed by atoms with van der Waals surface area (Å²) in [6, 6.07) is 6.75. The first-order chi connectivity index (χ1) is 15.7. The minimum absolute atomic E-state index is 0.211. The van der Waals surface area contributed by atoms with Crippen molar-refractivity contribution in [3.63, 3.8) is 0 Å².